The summed E-state index contributed by atoms with van der Waals surface area (Å²) < 4.78 is 13.5. The maximum absolute atomic E-state index is 13.6. The van der Waals surface area contributed by atoms with Gasteiger partial charge in [0.2, 0.25) is 6.10 Å². The summed E-state index contributed by atoms with van der Waals surface area (Å²) in [6, 6.07) is 9.48. The molecule has 35 heavy (non-hydrogen) atoms. The summed E-state index contributed by atoms with van der Waals surface area (Å²) in [7, 11) is 0. The van der Waals surface area contributed by atoms with Gasteiger partial charge in [0.25, 0.3) is 11.8 Å². The lowest BCUT2D eigenvalue weighted by Gasteiger charge is -2.37. The van der Waals surface area contributed by atoms with Crippen LogP contribution in [0.1, 0.15) is 54.7 Å². The predicted octanol–water partition coefficient (Wildman–Crippen LogP) is 3.01. The Morgan fingerprint density at radius 2 is 1.74 bits per heavy atom. The van der Waals surface area contributed by atoms with E-state index in [4.69, 9.17) is 14.5 Å². The van der Waals surface area contributed by atoms with E-state index in [-0.39, 0.29) is 24.5 Å². The third-order valence-electron chi connectivity index (χ3n) is 6.96. The highest BCUT2D eigenvalue weighted by Gasteiger charge is 2.35. The van der Waals surface area contributed by atoms with Gasteiger partial charge in [0, 0.05) is 43.8 Å². The van der Waals surface area contributed by atoms with Crippen LogP contribution in [0.5, 0.6) is 11.5 Å². The lowest BCUT2D eigenvalue weighted by molar-refractivity contribution is -0.142. The quantitative estimate of drug-likeness (QED) is 0.576. The zero-order valence-electron chi connectivity index (χ0n) is 20.0. The van der Waals surface area contributed by atoms with Crippen molar-refractivity contribution in [1.82, 2.24) is 24.6 Å². The molecule has 0 N–H and O–H groups in total. The van der Waals surface area contributed by atoms with Crippen LogP contribution in [0.15, 0.2) is 36.5 Å². The summed E-state index contributed by atoms with van der Waals surface area (Å²) in [6.45, 7) is 6.17. The van der Waals surface area contributed by atoms with Crippen LogP contribution in [0.3, 0.4) is 0 Å². The molecule has 1 unspecified atom stereocenters. The monoisotopic (exact) mass is 475 g/mol. The standard InChI is InChI=1S/C26H29N5O4/c1-16(2)31-24-19(14-27-31)18(13-20(28-24)17-7-8-17)25(32)29-9-11-30(12-10-29)26(33)23-15-34-21-5-3-4-6-22(21)35-23/h3-6,13-14,16-17,23H,7-12,15H2,1-2H3. The smallest absolute Gasteiger partial charge is 0.267 e. The number of piperazine rings is 1. The molecule has 1 atom stereocenters. The Bertz CT molecular complexity index is 1290. The van der Waals surface area contributed by atoms with Crippen molar-refractivity contribution >= 4 is 22.8 Å². The summed E-state index contributed by atoms with van der Waals surface area (Å²) in [5, 5.41) is 5.30. The van der Waals surface area contributed by atoms with Gasteiger partial charge in [0.05, 0.1) is 17.1 Å². The number of amides is 2. The first-order valence-electron chi connectivity index (χ1n) is 12.3. The largest absolute Gasteiger partial charge is 0.485 e. The molecule has 182 valence electrons. The minimum atomic E-state index is -0.671. The van der Waals surface area contributed by atoms with Crippen molar-refractivity contribution in [3.05, 3.63) is 47.8 Å². The number of carbonyl (C=O) groups excluding carboxylic acids is 2. The van der Waals surface area contributed by atoms with E-state index in [9.17, 15) is 9.59 Å². The molecule has 2 aliphatic heterocycles. The minimum absolute atomic E-state index is 0.0270. The van der Waals surface area contributed by atoms with Gasteiger partial charge in [0.1, 0.15) is 6.61 Å². The maximum Gasteiger partial charge on any atom is 0.267 e. The molecule has 2 amide bonds. The summed E-state index contributed by atoms with van der Waals surface area (Å²) >= 11 is 0. The van der Waals surface area contributed by atoms with Crippen LogP contribution in [0.25, 0.3) is 11.0 Å². The fourth-order valence-electron chi connectivity index (χ4n) is 4.83. The van der Waals surface area contributed by atoms with Gasteiger partial charge in [-0.3, -0.25) is 9.59 Å². The first-order chi connectivity index (χ1) is 17.0. The second-order valence-electron chi connectivity index (χ2n) is 9.77. The second-order valence-corrected chi connectivity index (χ2v) is 9.77. The molecule has 1 aromatic carbocycles. The average molecular weight is 476 g/mol. The van der Waals surface area contributed by atoms with Crippen molar-refractivity contribution in [2.24, 2.45) is 0 Å². The van der Waals surface area contributed by atoms with Crippen LogP contribution in [0.4, 0.5) is 0 Å². The molecule has 3 aromatic rings. The molecule has 2 aromatic heterocycles. The molecule has 1 aliphatic carbocycles. The van der Waals surface area contributed by atoms with E-state index in [1.807, 2.05) is 33.8 Å². The number of pyridine rings is 1. The lowest BCUT2D eigenvalue weighted by atomic mass is 10.1. The van der Waals surface area contributed by atoms with Gasteiger partial charge in [-0.2, -0.15) is 5.10 Å². The van der Waals surface area contributed by atoms with Crippen LogP contribution in [-0.4, -0.2) is 75.3 Å². The van der Waals surface area contributed by atoms with Gasteiger partial charge in [-0.1, -0.05) is 12.1 Å². The van der Waals surface area contributed by atoms with E-state index in [0.29, 0.717) is 49.2 Å². The Labute approximate surface area is 203 Å². The Morgan fingerprint density at radius 1 is 1.03 bits per heavy atom. The van der Waals surface area contributed by atoms with Crippen LogP contribution in [0.2, 0.25) is 0 Å². The highest BCUT2D eigenvalue weighted by Crippen LogP contribution is 2.40. The number of ether oxygens (including phenoxy) is 2. The van der Waals surface area contributed by atoms with Crippen molar-refractivity contribution in [3.63, 3.8) is 0 Å². The number of hydrogen-bond acceptors (Lipinski definition) is 6. The number of benzene rings is 1. The van der Waals surface area contributed by atoms with Crippen LogP contribution >= 0.6 is 0 Å². The van der Waals surface area contributed by atoms with Crippen LogP contribution < -0.4 is 9.47 Å². The predicted molar refractivity (Wildman–Crippen MR) is 129 cm³/mol. The first-order valence-corrected chi connectivity index (χ1v) is 12.3. The fraction of sp³-hybridized carbons (Fsp3) is 0.462. The van der Waals surface area contributed by atoms with E-state index >= 15 is 0 Å². The van der Waals surface area contributed by atoms with Crippen molar-refractivity contribution in [1.29, 1.82) is 0 Å². The molecule has 1 saturated heterocycles. The van der Waals surface area contributed by atoms with E-state index < -0.39 is 6.10 Å². The Balaban J connectivity index is 1.17. The number of nitrogens with zero attached hydrogens (tertiary/aromatic N) is 5. The molecule has 6 rings (SSSR count). The van der Waals surface area contributed by atoms with Crippen molar-refractivity contribution in [3.8, 4) is 11.5 Å². The van der Waals surface area contributed by atoms with Crippen molar-refractivity contribution < 1.29 is 19.1 Å². The molecule has 2 fully saturated rings. The van der Waals surface area contributed by atoms with Gasteiger partial charge < -0.3 is 19.3 Å². The highest BCUT2D eigenvalue weighted by atomic mass is 16.6. The zero-order chi connectivity index (χ0) is 24.1. The Kier molecular flexibility index (Phi) is 5.35. The normalized spacial score (nSPS) is 19.9. The van der Waals surface area contributed by atoms with Crippen molar-refractivity contribution in [2.75, 3.05) is 32.8 Å². The van der Waals surface area contributed by atoms with Gasteiger partial charge in [-0.05, 0) is 44.9 Å². The molecule has 9 nitrogen and oxygen atoms in total. The Hall–Kier alpha value is -3.62. The lowest BCUT2D eigenvalue weighted by Crippen LogP contribution is -2.55. The number of para-hydroxylation sites is 2. The molecule has 9 heteroatoms. The summed E-state index contributed by atoms with van der Waals surface area (Å²) in [6.07, 6.45) is 3.31. The number of carbonyl (C=O) groups is 2. The van der Waals surface area contributed by atoms with Gasteiger partial charge in [-0.15, -0.1) is 0 Å². The first kappa shape index (κ1) is 21.9. The molecule has 0 radical (unpaired) electrons. The molecule has 4 heterocycles. The maximum atomic E-state index is 13.6. The van der Waals surface area contributed by atoms with Crippen LogP contribution in [0, 0.1) is 0 Å². The number of hydrogen-bond donors (Lipinski definition) is 0. The van der Waals surface area contributed by atoms with E-state index in [0.717, 1.165) is 29.6 Å². The molecule has 0 spiro atoms. The number of fused-ring (bicyclic) bond motifs is 2. The number of rotatable bonds is 4. The van der Waals surface area contributed by atoms with Crippen molar-refractivity contribution in [2.45, 2.75) is 44.8 Å². The highest BCUT2D eigenvalue weighted by molar-refractivity contribution is 6.05. The van der Waals surface area contributed by atoms with E-state index in [2.05, 4.69) is 18.9 Å². The average Bonchev–Trinajstić information content (AvgIpc) is 3.65. The zero-order valence-corrected chi connectivity index (χ0v) is 20.0. The summed E-state index contributed by atoms with van der Waals surface area (Å²) in [5.41, 5.74) is 2.41. The summed E-state index contributed by atoms with van der Waals surface area (Å²) in [5.74, 6) is 1.54. The van der Waals surface area contributed by atoms with Gasteiger partial charge in [0.15, 0.2) is 17.1 Å². The second kappa shape index (κ2) is 8.55. The SMILES string of the molecule is CC(C)n1ncc2c(C(=O)N3CCN(C(=O)C4COc5ccccc5O4)CC3)cc(C3CC3)nc21. The van der Waals surface area contributed by atoms with E-state index in [1.165, 1.54) is 0 Å². The summed E-state index contributed by atoms with van der Waals surface area (Å²) in [4.78, 5) is 35.1. The van der Waals surface area contributed by atoms with E-state index in [1.54, 1.807) is 17.2 Å². The third-order valence-corrected chi connectivity index (χ3v) is 6.96. The molecule has 0 bridgehead atoms. The molecule has 1 saturated carbocycles. The fourth-order valence-corrected chi connectivity index (χ4v) is 4.83. The third kappa shape index (κ3) is 3.98. The topological polar surface area (TPSA) is 89.8 Å². The molecule has 3 aliphatic rings. The number of aromatic nitrogens is 3. The van der Waals surface area contributed by atoms with Gasteiger partial charge >= 0.3 is 0 Å². The Morgan fingerprint density at radius 3 is 2.46 bits per heavy atom. The van der Waals surface area contributed by atoms with Gasteiger partial charge in [-0.25, -0.2) is 9.67 Å². The molecular weight excluding hydrogens is 446 g/mol. The molecular formula is C26H29N5O4. The minimum Gasteiger partial charge on any atom is -0.485 e. The van der Waals surface area contributed by atoms with Crippen LogP contribution in [-0.2, 0) is 4.79 Å².